The molecule has 1 fully saturated rings. The van der Waals surface area contributed by atoms with Crippen LogP contribution < -0.4 is 10.2 Å². The summed E-state index contributed by atoms with van der Waals surface area (Å²) in [7, 11) is 2.08. The highest BCUT2D eigenvalue weighted by Gasteiger charge is 2.16. The minimum absolute atomic E-state index is 0.0238. The summed E-state index contributed by atoms with van der Waals surface area (Å²) in [6.07, 6.45) is 6.70. The van der Waals surface area contributed by atoms with Gasteiger partial charge in [-0.1, -0.05) is 37.5 Å². The number of carboxylic acids is 1. The molecule has 5 heteroatoms. The second-order valence-electron chi connectivity index (χ2n) is 8.32. The fraction of sp³-hybridized carbons (Fsp3) is 0.308. The number of pyridine rings is 1. The van der Waals surface area contributed by atoms with Crippen molar-refractivity contribution >= 4 is 28.8 Å². The summed E-state index contributed by atoms with van der Waals surface area (Å²) in [5.41, 5.74) is 5.71. The molecule has 5 nitrogen and oxygen atoms in total. The normalized spacial score (nSPS) is 14.3. The van der Waals surface area contributed by atoms with Crippen LogP contribution in [0.5, 0.6) is 0 Å². The SMILES string of the molecule is Cc1cc(N(C)c2ccc(C3CCCCC3)cc2)ccc1Nc1cccc(C(=O)O)n1. The number of anilines is 4. The van der Waals surface area contributed by atoms with Gasteiger partial charge in [-0.3, -0.25) is 0 Å². The molecular formula is C26H29N3O2. The molecule has 0 radical (unpaired) electrons. The van der Waals surface area contributed by atoms with Gasteiger partial charge in [-0.2, -0.15) is 0 Å². The standard InChI is InChI=1S/C26H29N3O2/c1-18-17-22(15-16-23(18)27-25-10-6-9-24(28-25)26(30)31)29(2)21-13-11-20(12-14-21)19-7-4-3-5-8-19/h6,9-17,19H,3-5,7-8H2,1-2H3,(H,27,28)(H,30,31). The number of benzene rings is 2. The summed E-state index contributed by atoms with van der Waals surface area (Å²) in [5, 5.41) is 12.4. The number of nitrogens with one attached hydrogen (secondary N) is 1. The zero-order valence-electron chi connectivity index (χ0n) is 18.1. The fourth-order valence-corrected chi connectivity index (χ4v) is 4.31. The smallest absolute Gasteiger partial charge is 0.354 e. The number of aromatic carboxylic acids is 1. The lowest BCUT2D eigenvalue weighted by atomic mass is 9.84. The van der Waals surface area contributed by atoms with Gasteiger partial charge in [0.05, 0.1) is 0 Å². The maximum atomic E-state index is 11.1. The van der Waals surface area contributed by atoms with E-state index in [0.29, 0.717) is 11.7 Å². The Balaban J connectivity index is 1.48. The molecule has 2 N–H and O–H groups in total. The van der Waals surface area contributed by atoms with Gasteiger partial charge in [0.25, 0.3) is 0 Å². The van der Waals surface area contributed by atoms with Crippen LogP contribution in [0.1, 0.15) is 59.6 Å². The van der Waals surface area contributed by atoms with E-state index in [1.165, 1.54) is 43.7 Å². The van der Waals surface area contributed by atoms with Crippen molar-refractivity contribution in [1.29, 1.82) is 0 Å². The molecular weight excluding hydrogens is 386 g/mol. The lowest BCUT2D eigenvalue weighted by Crippen LogP contribution is -2.10. The topological polar surface area (TPSA) is 65.5 Å². The van der Waals surface area contributed by atoms with Crippen molar-refractivity contribution < 1.29 is 9.90 Å². The fourth-order valence-electron chi connectivity index (χ4n) is 4.31. The number of carbonyl (C=O) groups is 1. The van der Waals surface area contributed by atoms with Crippen LogP contribution in [0.3, 0.4) is 0 Å². The van der Waals surface area contributed by atoms with Crippen LogP contribution in [0.15, 0.2) is 60.7 Å². The summed E-state index contributed by atoms with van der Waals surface area (Å²) in [6, 6.07) is 20.1. The predicted molar refractivity (Wildman–Crippen MR) is 126 cm³/mol. The minimum Gasteiger partial charge on any atom is -0.477 e. The van der Waals surface area contributed by atoms with Gasteiger partial charge in [0, 0.05) is 24.1 Å². The highest BCUT2D eigenvalue weighted by molar-refractivity contribution is 5.86. The Bertz CT molecular complexity index is 1060. The summed E-state index contributed by atoms with van der Waals surface area (Å²) in [5.74, 6) is 0.197. The first-order valence-electron chi connectivity index (χ1n) is 10.9. The molecule has 0 saturated heterocycles. The van der Waals surface area contributed by atoms with E-state index in [4.69, 9.17) is 5.11 Å². The van der Waals surface area contributed by atoms with Crippen LogP contribution >= 0.6 is 0 Å². The van der Waals surface area contributed by atoms with Gasteiger partial charge in [0.15, 0.2) is 5.69 Å². The van der Waals surface area contributed by atoms with Crippen molar-refractivity contribution in [1.82, 2.24) is 4.98 Å². The molecule has 0 atom stereocenters. The van der Waals surface area contributed by atoms with E-state index < -0.39 is 5.97 Å². The van der Waals surface area contributed by atoms with Crippen molar-refractivity contribution in [3.05, 3.63) is 77.5 Å². The maximum absolute atomic E-state index is 11.1. The number of aryl methyl sites for hydroxylation is 1. The van der Waals surface area contributed by atoms with E-state index in [-0.39, 0.29) is 5.69 Å². The number of nitrogens with zero attached hydrogens (tertiary/aromatic N) is 2. The molecule has 1 saturated carbocycles. The number of hydrogen-bond donors (Lipinski definition) is 2. The Labute approximate surface area is 183 Å². The highest BCUT2D eigenvalue weighted by Crippen LogP contribution is 2.34. The molecule has 4 rings (SSSR count). The quantitative estimate of drug-likeness (QED) is 0.472. The molecule has 160 valence electrons. The lowest BCUT2D eigenvalue weighted by Gasteiger charge is -2.24. The number of rotatable bonds is 6. The molecule has 0 spiro atoms. The van der Waals surface area contributed by atoms with E-state index in [0.717, 1.165) is 22.6 Å². The number of aromatic nitrogens is 1. The summed E-state index contributed by atoms with van der Waals surface area (Å²) in [4.78, 5) is 17.5. The Hall–Kier alpha value is -3.34. The van der Waals surface area contributed by atoms with Gasteiger partial charge >= 0.3 is 5.97 Å². The predicted octanol–water partition coefficient (Wildman–Crippen LogP) is 6.65. The van der Waals surface area contributed by atoms with Gasteiger partial charge in [0.2, 0.25) is 0 Å². The van der Waals surface area contributed by atoms with Crippen molar-refractivity contribution in [3.63, 3.8) is 0 Å². The second kappa shape index (κ2) is 9.21. The van der Waals surface area contributed by atoms with Crippen LogP contribution in [0, 0.1) is 6.92 Å². The highest BCUT2D eigenvalue weighted by atomic mass is 16.4. The largest absolute Gasteiger partial charge is 0.477 e. The Morgan fingerprint density at radius 3 is 2.39 bits per heavy atom. The molecule has 2 aromatic carbocycles. The van der Waals surface area contributed by atoms with Crippen molar-refractivity contribution in [2.45, 2.75) is 44.9 Å². The summed E-state index contributed by atoms with van der Waals surface area (Å²) < 4.78 is 0. The van der Waals surface area contributed by atoms with Gasteiger partial charge in [-0.25, -0.2) is 9.78 Å². The average Bonchev–Trinajstić information content (AvgIpc) is 2.81. The molecule has 1 aliphatic carbocycles. The van der Waals surface area contributed by atoms with E-state index in [1.807, 2.05) is 13.0 Å². The lowest BCUT2D eigenvalue weighted by molar-refractivity contribution is 0.0690. The molecule has 31 heavy (non-hydrogen) atoms. The molecule has 0 bridgehead atoms. The van der Waals surface area contributed by atoms with Crippen molar-refractivity contribution in [2.75, 3.05) is 17.3 Å². The average molecular weight is 416 g/mol. The second-order valence-corrected chi connectivity index (χ2v) is 8.32. The molecule has 1 heterocycles. The summed E-state index contributed by atoms with van der Waals surface area (Å²) >= 11 is 0. The zero-order chi connectivity index (χ0) is 21.8. The van der Waals surface area contributed by atoms with Crippen LogP contribution in [0.4, 0.5) is 22.9 Å². The van der Waals surface area contributed by atoms with Crippen LogP contribution in [-0.4, -0.2) is 23.1 Å². The summed E-state index contributed by atoms with van der Waals surface area (Å²) in [6.45, 7) is 2.03. The third-order valence-corrected chi connectivity index (χ3v) is 6.19. The minimum atomic E-state index is -1.04. The molecule has 0 aliphatic heterocycles. The third kappa shape index (κ3) is 4.88. The zero-order valence-corrected chi connectivity index (χ0v) is 18.1. The van der Waals surface area contributed by atoms with E-state index >= 15 is 0 Å². The Morgan fingerprint density at radius 2 is 1.71 bits per heavy atom. The molecule has 1 aromatic heterocycles. The monoisotopic (exact) mass is 415 g/mol. The molecule has 3 aromatic rings. The van der Waals surface area contributed by atoms with Crippen LogP contribution in [-0.2, 0) is 0 Å². The molecule has 0 unspecified atom stereocenters. The van der Waals surface area contributed by atoms with Crippen LogP contribution in [0.2, 0.25) is 0 Å². The van der Waals surface area contributed by atoms with E-state index in [9.17, 15) is 4.79 Å². The van der Waals surface area contributed by atoms with Gasteiger partial charge in [0.1, 0.15) is 5.82 Å². The van der Waals surface area contributed by atoms with Gasteiger partial charge in [-0.15, -0.1) is 0 Å². The van der Waals surface area contributed by atoms with Gasteiger partial charge < -0.3 is 15.3 Å². The maximum Gasteiger partial charge on any atom is 0.354 e. The van der Waals surface area contributed by atoms with Crippen molar-refractivity contribution in [3.8, 4) is 0 Å². The number of hydrogen-bond acceptors (Lipinski definition) is 4. The first-order chi connectivity index (χ1) is 15.0. The number of carboxylic acid groups (broad SMARTS) is 1. The molecule has 0 amide bonds. The van der Waals surface area contributed by atoms with E-state index in [2.05, 4.69) is 58.6 Å². The van der Waals surface area contributed by atoms with E-state index in [1.54, 1.807) is 12.1 Å². The van der Waals surface area contributed by atoms with Crippen molar-refractivity contribution in [2.24, 2.45) is 0 Å². The first-order valence-corrected chi connectivity index (χ1v) is 10.9. The Morgan fingerprint density at radius 1 is 1.00 bits per heavy atom. The van der Waals surface area contributed by atoms with Gasteiger partial charge in [-0.05, 0) is 79.3 Å². The van der Waals surface area contributed by atoms with Crippen LogP contribution in [0.25, 0.3) is 0 Å². The Kier molecular flexibility index (Phi) is 6.21. The molecule has 1 aliphatic rings. The first kappa shape index (κ1) is 20.9. The third-order valence-electron chi connectivity index (χ3n) is 6.19.